The van der Waals surface area contributed by atoms with Gasteiger partial charge < -0.3 is 19.9 Å². The van der Waals surface area contributed by atoms with Crippen LogP contribution in [0.1, 0.15) is 29.5 Å². The maximum atomic E-state index is 10.8. The minimum Gasteiger partial charge on any atom is -0.550 e. The monoisotopic (exact) mass is 263 g/mol. The number of benzene rings is 1. The van der Waals surface area contributed by atoms with Crippen LogP contribution in [0.5, 0.6) is 5.75 Å². The highest BCUT2D eigenvalue weighted by atomic mass is 16.4. The van der Waals surface area contributed by atoms with E-state index in [2.05, 4.69) is 6.07 Å². The standard InChI is InChI=1S/C15H21NO3/c1-10-7-11(2)13(14(17)8-10)9-16-5-3-12(4-6-16)15(18)19/h7-8,12,17H,3-6,9H2,1-2H3,(H,18,19). The van der Waals surface area contributed by atoms with Crippen LogP contribution in [-0.2, 0) is 11.3 Å². The molecular formula is C15H21NO3. The van der Waals surface area contributed by atoms with Crippen LogP contribution in [0.2, 0.25) is 0 Å². The van der Waals surface area contributed by atoms with E-state index in [1.54, 1.807) is 6.07 Å². The van der Waals surface area contributed by atoms with Crippen molar-refractivity contribution in [3.63, 3.8) is 0 Å². The summed E-state index contributed by atoms with van der Waals surface area (Å²) >= 11 is 0. The molecular weight excluding hydrogens is 242 g/mol. The van der Waals surface area contributed by atoms with E-state index in [0.29, 0.717) is 18.6 Å². The number of phenols is 1. The lowest BCUT2D eigenvalue weighted by atomic mass is 9.96. The topological polar surface area (TPSA) is 64.8 Å². The van der Waals surface area contributed by atoms with Crippen LogP contribution in [0.25, 0.3) is 0 Å². The molecule has 1 saturated heterocycles. The lowest BCUT2D eigenvalue weighted by Gasteiger charge is -2.30. The van der Waals surface area contributed by atoms with E-state index in [1.807, 2.05) is 13.8 Å². The van der Waals surface area contributed by atoms with Gasteiger partial charge in [0.1, 0.15) is 12.3 Å². The van der Waals surface area contributed by atoms with Gasteiger partial charge in [0.05, 0.1) is 18.7 Å². The first-order chi connectivity index (χ1) is 8.97. The minimum atomic E-state index is -0.923. The molecule has 1 heterocycles. The lowest BCUT2D eigenvalue weighted by molar-refractivity contribution is -0.919. The number of aromatic hydroxyl groups is 1. The zero-order valence-corrected chi connectivity index (χ0v) is 11.5. The SMILES string of the molecule is Cc1cc(C)c(C[NH+]2CCC(C(=O)[O-])CC2)c(O)c1. The number of quaternary nitrogens is 1. The van der Waals surface area contributed by atoms with Crippen LogP contribution < -0.4 is 10.0 Å². The van der Waals surface area contributed by atoms with E-state index in [1.165, 1.54) is 4.90 Å². The van der Waals surface area contributed by atoms with Crippen molar-refractivity contribution < 1.29 is 19.9 Å². The smallest absolute Gasteiger partial charge is 0.124 e. The van der Waals surface area contributed by atoms with E-state index < -0.39 is 5.97 Å². The Labute approximate surface area is 113 Å². The number of rotatable bonds is 3. The van der Waals surface area contributed by atoms with E-state index in [-0.39, 0.29) is 5.92 Å². The summed E-state index contributed by atoms with van der Waals surface area (Å²) in [7, 11) is 0. The number of hydrogen-bond donors (Lipinski definition) is 2. The van der Waals surface area contributed by atoms with Crippen molar-refractivity contribution in [3.8, 4) is 5.75 Å². The quantitative estimate of drug-likeness (QED) is 0.776. The maximum Gasteiger partial charge on any atom is 0.124 e. The van der Waals surface area contributed by atoms with E-state index in [9.17, 15) is 15.0 Å². The van der Waals surface area contributed by atoms with Gasteiger partial charge in [0.15, 0.2) is 0 Å². The van der Waals surface area contributed by atoms with Gasteiger partial charge in [-0.2, -0.15) is 0 Å². The molecule has 0 aliphatic carbocycles. The molecule has 4 nitrogen and oxygen atoms in total. The molecule has 0 unspecified atom stereocenters. The Morgan fingerprint density at radius 2 is 2.00 bits per heavy atom. The number of aryl methyl sites for hydroxylation is 2. The highest BCUT2D eigenvalue weighted by molar-refractivity contribution is 5.67. The summed E-state index contributed by atoms with van der Waals surface area (Å²) in [6.45, 7) is 6.39. The van der Waals surface area contributed by atoms with Crippen molar-refractivity contribution in [2.75, 3.05) is 13.1 Å². The summed E-state index contributed by atoms with van der Waals surface area (Å²) in [5, 5.41) is 20.8. The summed E-state index contributed by atoms with van der Waals surface area (Å²) in [6.07, 6.45) is 1.34. The van der Waals surface area contributed by atoms with Crippen molar-refractivity contribution >= 4 is 5.97 Å². The fourth-order valence-electron chi connectivity index (χ4n) is 2.89. The predicted octanol–water partition coefficient (Wildman–Crippen LogP) is -0.446. The Morgan fingerprint density at radius 3 is 2.53 bits per heavy atom. The molecule has 0 saturated carbocycles. The lowest BCUT2D eigenvalue weighted by Crippen LogP contribution is -3.11. The van der Waals surface area contributed by atoms with Gasteiger partial charge in [0.2, 0.25) is 0 Å². The van der Waals surface area contributed by atoms with Crippen molar-refractivity contribution in [2.45, 2.75) is 33.2 Å². The second-order valence-electron chi connectivity index (χ2n) is 5.60. The minimum absolute atomic E-state index is 0.295. The van der Waals surface area contributed by atoms with Gasteiger partial charge in [-0.3, -0.25) is 0 Å². The molecule has 1 aliphatic heterocycles. The number of carboxylic acid groups (broad SMARTS) is 1. The van der Waals surface area contributed by atoms with E-state index in [4.69, 9.17) is 0 Å². The number of nitrogens with one attached hydrogen (secondary N) is 1. The molecule has 0 aromatic heterocycles. The van der Waals surface area contributed by atoms with Gasteiger partial charge in [0.25, 0.3) is 0 Å². The zero-order valence-electron chi connectivity index (χ0n) is 11.5. The number of piperidine rings is 1. The van der Waals surface area contributed by atoms with Crippen LogP contribution >= 0.6 is 0 Å². The zero-order chi connectivity index (χ0) is 14.0. The van der Waals surface area contributed by atoms with Gasteiger partial charge in [0, 0.05) is 24.7 Å². The third-order valence-corrected chi connectivity index (χ3v) is 4.05. The molecule has 0 radical (unpaired) electrons. The number of carbonyl (C=O) groups excluding carboxylic acids is 1. The normalized spacial score (nSPS) is 23.3. The summed E-state index contributed by atoms with van der Waals surface area (Å²) in [6, 6.07) is 3.86. The Hall–Kier alpha value is -1.55. The predicted molar refractivity (Wildman–Crippen MR) is 69.7 cm³/mol. The number of phenolic OH excluding ortho intramolecular Hbond substituents is 1. The molecule has 1 fully saturated rings. The molecule has 1 aromatic rings. The Bertz CT molecular complexity index is 453. The summed E-state index contributed by atoms with van der Waals surface area (Å²) in [5.74, 6) is -0.864. The molecule has 1 aliphatic rings. The number of carboxylic acids is 1. The molecule has 4 heteroatoms. The van der Waals surface area contributed by atoms with E-state index >= 15 is 0 Å². The first-order valence-corrected chi connectivity index (χ1v) is 6.81. The Kier molecular flexibility index (Phi) is 4.10. The second kappa shape index (κ2) is 5.61. The van der Waals surface area contributed by atoms with Crippen LogP contribution in [0.3, 0.4) is 0 Å². The van der Waals surface area contributed by atoms with Gasteiger partial charge >= 0.3 is 0 Å². The molecule has 0 amide bonds. The number of likely N-dealkylation sites (tertiary alicyclic amines) is 1. The number of aliphatic carboxylic acids is 1. The highest BCUT2D eigenvalue weighted by Crippen LogP contribution is 2.22. The second-order valence-corrected chi connectivity index (χ2v) is 5.60. The molecule has 104 valence electrons. The largest absolute Gasteiger partial charge is 0.550 e. The number of hydrogen-bond acceptors (Lipinski definition) is 3. The maximum absolute atomic E-state index is 10.8. The third-order valence-electron chi connectivity index (χ3n) is 4.05. The molecule has 2 rings (SSSR count). The molecule has 19 heavy (non-hydrogen) atoms. The average Bonchev–Trinajstić information content (AvgIpc) is 2.34. The Balaban J connectivity index is 2.02. The van der Waals surface area contributed by atoms with Gasteiger partial charge in [-0.1, -0.05) is 6.07 Å². The van der Waals surface area contributed by atoms with Crippen LogP contribution in [0, 0.1) is 19.8 Å². The fourth-order valence-corrected chi connectivity index (χ4v) is 2.89. The highest BCUT2D eigenvalue weighted by Gasteiger charge is 2.24. The average molecular weight is 263 g/mol. The van der Waals surface area contributed by atoms with Crippen LogP contribution in [0.15, 0.2) is 12.1 Å². The fraction of sp³-hybridized carbons (Fsp3) is 0.533. The summed E-state index contributed by atoms with van der Waals surface area (Å²) < 4.78 is 0. The molecule has 0 spiro atoms. The summed E-state index contributed by atoms with van der Waals surface area (Å²) in [5.41, 5.74) is 3.14. The van der Waals surface area contributed by atoms with Gasteiger partial charge in [-0.05, 0) is 31.0 Å². The van der Waals surface area contributed by atoms with Crippen molar-refractivity contribution in [1.29, 1.82) is 0 Å². The van der Waals surface area contributed by atoms with Crippen molar-refractivity contribution in [3.05, 3.63) is 28.8 Å². The van der Waals surface area contributed by atoms with E-state index in [0.717, 1.165) is 36.3 Å². The summed E-state index contributed by atoms with van der Waals surface area (Å²) in [4.78, 5) is 12.1. The molecule has 1 aromatic carbocycles. The van der Waals surface area contributed by atoms with Crippen molar-refractivity contribution in [2.24, 2.45) is 5.92 Å². The third kappa shape index (κ3) is 3.26. The molecule has 0 atom stereocenters. The number of carbonyl (C=O) groups is 1. The van der Waals surface area contributed by atoms with Crippen LogP contribution in [-0.4, -0.2) is 24.2 Å². The van der Waals surface area contributed by atoms with Gasteiger partial charge in [-0.25, -0.2) is 0 Å². The first kappa shape index (κ1) is 13.9. The van der Waals surface area contributed by atoms with Crippen molar-refractivity contribution in [1.82, 2.24) is 0 Å². The van der Waals surface area contributed by atoms with Crippen LogP contribution in [0.4, 0.5) is 0 Å². The molecule has 0 bridgehead atoms. The first-order valence-electron chi connectivity index (χ1n) is 6.81. The molecule has 2 N–H and O–H groups in total. The Morgan fingerprint density at radius 1 is 1.37 bits per heavy atom. The van der Waals surface area contributed by atoms with Gasteiger partial charge in [-0.15, -0.1) is 0 Å².